The highest BCUT2D eigenvalue weighted by molar-refractivity contribution is 6.30. The molecule has 1 amide bonds. The van der Waals surface area contributed by atoms with E-state index in [0.717, 1.165) is 40.7 Å². The minimum Gasteiger partial charge on any atom is -0.368 e. The topological polar surface area (TPSA) is 40.9 Å². The van der Waals surface area contributed by atoms with E-state index in [1.54, 1.807) is 0 Å². The van der Waals surface area contributed by atoms with E-state index in [4.69, 9.17) is 11.6 Å². The van der Waals surface area contributed by atoms with E-state index in [1.807, 2.05) is 59.7 Å². The molecule has 4 rings (SSSR count). The van der Waals surface area contributed by atoms with Crippen LogP contribution in [0.2, 0.25) is 5.02 Å². The van der Waals surface area contributed by atoms with Crippen LogP contribution >= 0.6 is 11.6 Å². The van der Waals surface area contributed by atoms with Gasteiger partial charge in [0.05, 0.1) is 5.69 Å². The molecule has 26 heavy (non-hydrogen) atoms. The van der Waals surface area contributed by atoms with Gasteiger partial charge in [0.15, 0.2) is 0 Å². The summed E-state index contributed by atoms with van der Waals surface area (Å²) in [5, 5.41) is 0.734. The number of rotatable bonds is 2. The van der Waals surface area contributed by atoms with Crippen molar-refractivity contribution in [2.45, 2.75) is 13.8 Å². The van der Waals surface area contributed by atoms with Crippen molar-refractivity contribution in [1.82, 2.24) is 14.3 Å². The van der Waals surface area contributed by atoms with Crippen LogP contribution < -0.4 is 4.90 Å². The van der Waals surface area contributed by atoms with E-state index in [9.17, 15) is 4.79 Å². The quantitative estimate of drug-likeness (QED) is 0.694. The summed E-state index contributed by atoms with van der Waals surface area (Å²) in [7, 11) is 0. The first-order valence-corrected chi connectivity index (χ1v) is 9.16. The average molecular weight is 369 g/mol. The van der Waals surface area contributed by atoms with Gasteiger partial charge in [-0.3, -0.25) is 9.20 Å². The summed E-state index contributed by atoms with van der Waals surface area (Å²) in [6.07, 6.45) is 1.93. The highest BCUT2D eigenvalue weighted by atomic mass is 35.5. The molecule has 2 aromatic heterocycles. The Labute approximate surface area is 157 Å². The van der Waals surface area contributed by atoms with Crippen LogP contribution in [0.25, 0.3) is 5.65 Å². The highest BCUT2D eigenvalue weighted by Crippen LogP contribution is 2.22. The number of imidazole rings is 1. The van der Waals surface area contributed by atoms with Crippen molar-refractivity contribution in [3.63, 3.8) is 0 Å². The maximum atomic E-state index is 13.1. The van der Waals surface area contributed by atoms with Gasteiger partial charge in [0.2, 0.25) is 0 Å². The van der Waals surface area contributed by atoms with Gasteiger partial charge in [0, 0.05) is 43.1 Å². The number of pyridine rings is 1. The molecule has 134 valence electrons. The summed E-state index contributed by atoms with van der Waals surface area (Å²) >= 11 is 6.09. The number of piperazine rings is 1. The Balaban J connectivity index is 1.53. The molecule has 1 saturated heterocycles. The molecule has 5 nitrogen and oxygen atoms in total. The maximum absolute atomic E-state index is 13.1. The standard InChI is InChI=1S/C20H21ClN4O/c1-14-6-7-25-18(12-14)22-15(2)19(25)20(26)24-10-8-23(9-11-24)17-5-3-4-16(21)13-17/h3-7,12-13H,8-11H2,1-2H3. The van der Waals surface area contributed by atoms with Crippen LogP contribution in [0, 0.1) is 13.8 Å². The number of aryl methyl sites for hydroxylation is 2. The van der Waals surface area contributed by atoms with Gasteiger partial charge in [-0.2, -0.15) is 0 Å². The molecular formula is C20H21ClN4O. The van der Waals surface area contributed by atoms with Crippen molar-refractivity contribution in [3.8, 4) is 0 Å². The molecule has 3 aromatic rings. The van der Waals surface area contributed by atoms with Crippen molar-refractivity contribution in [3.05, 3.63) is 64.6 Å². The molecule has 0 spiro atoms. The second-order valence-electron chi connectivity index (χ2n) is 6.74. The Morgan fingerprint density at radius 3 is 2.58 bits per heavy atom. The Morgan fingerprint density at radius 2 is 1.85 bits per heavy atom. The first-order chi connectivity index (χ1) is 12.5. The lowest BCUT2D eigenvalue weighted by Gasteiger charge is -2.36. The Hall–Kier alpha value is -2.53. The van der Waals surface area contributed by atoms with Crippen molar-refractivity contribution in [2.75, 3.05) is 31.1 Å². The van der Waals surface area contributed by atoms with Gasteiger partial charge in [-0.1, -0.05) is 17.7 Å². The lowest BCUT2D eigenvalue weighted by molar-refractivity contribution is 0.0739. The molecule has 1 aliphatic heterocycles. The van der Waals surface area contributed by atoms with E-state index in [0.29, 0.717) is 18.8 Å². The predicted octanol–water partition coefficient (Wildman–Crippen LogP) is 3.57. The minimum atomic E-state index is 0.0459. The Morgan fingerprint density at radius 1 is 1.08 bits per heavy atom. The first-order valence-electron chi connectivity index (χ1n) is 8.78. The van der Waals surface area contributed by atoms with Gasteiger partial charge in [-0.15, -0.1) is 0 Å². The fourth-order valence-electron chi connectivity index (χ4n) is 3.51. The van der Waals surface area contributed by atoms with Crippen molar-refractivity contribution < 1.29 is 4.79 Å². The number of aromatic nitrogens is 2. The molecule has 0 bridgehead atoms. The number of carbonyl (C=O) groups is 1. The zero-order chi connectivity index (χ0) is 18.3. The van der Waals surface area contributed by atoms with Gasteiger partial charge >= 0.3 is 0 Å². The van der Waals surface area contributed by atoms with E-state index in [2.05, 4.69) is 16.0 Å². The van der Waals surface area contributed by atoms with Crippen LogP contribution in [0.5, 0.6) is 0 Å². The largest absolute Gasteiger partial charge is 0.368 e. The van der Waals surface area contributed by atoms with Crippen molar-refractivity contribution in [2.24, 2.45) is 0 Å². The van der Waals surface area contributed by atoms with Crippen LogP contribution in [0.3, 0.4) is 0 Å². The molecular weight excluding hydrogens is 348 g/mol. The van der Waals surface area contributed by atoms with Gasteiger partial charge in [0.25, 0.3) is 5.91 Å². The SMILES string of the molecule is Cc1ccn2c(C(=O)N3CCN(c4cccc(Cl)c4)CC3)c(C)nc2c1. The van der Waals surface area contributed by atoms with E-state index in [1.165, 1.54) is 0 Å². The summed E-state index contributed by atoms with van der Waals surface area (Å²) in [6, 6.07) is 11.9. The Bertz CT molecular complexity index is 973. The molecule has 0 N–H and O–H groups in total. The normalized spacial score (nSPS) is 14.9. The lowest BCUT2D eigenvalue weighted by Crippen LogP contribution is -2.49. The number of hydrogen-bond acceptors (Lipinski definition) is 3. The molecule has 6 heteroatoms. The number of benzene rings is 1. The van der Waals surface area contributed by atoms with Crippen LogP contribution in [-0.2, 0) is 0 Å². The average Bonchev–Trinajstić information content (AvgIpc) is 2.96. The fourth-order valence-corrected chi connectivity index (χ4v) is 3.70. The third-order valence-corrected chi connectivity index (χ3v) is 5.13. The fraction of sp³-hybridized carbons (Fsp3) is 0.300. The molecule has 3 heterocycles. The van der Waals surface area contributed by atoms with Crippen LogP contribution in [-0.4, -0.2) is 46.4 Å². The molecule has 1 aliphatic rings. The highest BCUT2D eigenvalue weighted by Gasteiger charge is 2.26. The minimum absolute atomic E-state index is 0.0459. The molecule has 0 aliphatic carbocycles. The zero-order valence-electron chi connectivity index (χ0n) is 14.9. The molecule has 1 aromatic carbocycles. The number of fused-ring (bicyclic) bond motifs is 1. The van der Waals surface area contributed by atoms with Crippen LogP contribution in [0.4, 0.5) is 5.69 Å². The van der Waals surface area contributed by atoms with E-state index in [-0.39, 0.29) is 5.91 Å². The zero-order valence-corrected chi connectivity index (χ0v) is 15.7. The van der Waals surface area contributed by atoms with E-state index >= 15 is 0 Å². The summed E-state index contributed by atoms with van der Waals surface area (Å²) in [4.78, 5) is 21.8. The first kappa shape index (κ1) is 16.9. The summed E-state index contributed by atoms with van der Waals surface area (Å²) in [5.41, 5.74) is 4.50. The van der Waals surface area contributed by atoms with E-state index < -0.39 is 0 Å². The number of amides is 1. The molecule has 0 unspecified atom stereocenters. The number of nitrogens with zero attached hydrogens (tertiary/aromatic N) is 4. The van der Waals surface area contributed by atoms with Crippen molar-refractivity contribution in [1.29, 1.82) is 0 Å². The van der Waals surface area contributed by atoms with Gasteiger partial charge < -0.3 is 9.80 Å². The molecule has 0 atom stereocenters. The smallest absolute Gasteiger partial charge is 0.272 e. The summed E-state index contributed by atoms with van der Waals surface area (Å²) in [6.45, 7) is 6.88. The van der Waals surface area contributed by atoms with Gasteiger partial charge in [-0.25, -0.2) is 4.98 Å². The van der Waals surface area contributed by atoms with Crippen LogP contribution in [0.1, 0.15) is 21.7 Å². The third kappa shape index (κ3) is 3.03. The number of halogens is 1. The number of carbonyl (C=O) groups excluding carboxylic acids is 1. The number of hydrogen-bond donors (Lipinski definition) is 0. The van der Waals surface area contributed by atoms with Gasteiger partial charge in [0.1, 0.15) is 11.3 Å². The molecule has 0 saturated carbocycles. The third-order valence-electron chi connectivity index (χ3n) is 4.90. The van der Waals surface area contributed by atoms with Crippen LogP contribution in [0.15, 0.2) is 42.6 Å². The number of anilines is 1. The Kier molecular flexibility index (Phi) is 4.32. The lowest BCUT2D eigenvalue weighted by atomic mass is 10.2. The monoisotopic (exact) mass is 368 g/mol. The summed E-state index contributed by atoms with van der Waals surface area (Å²) < 4.78 is 1.90. The summed E-state index contributed by atoms with van der Waals surface area (Å²) in [5.74, 6) is 0.0459. The molecule has 0 radical (unpaired) electrons. The van der Waals surface area contributed by atoms with Gasteiger partial charge in [-0.05, 0) is 49.7 Å². The second kappa shape index (κ2) is 6.65. The van der Waals surface area contributed by atoms with Crippen molar-refractivity contribution >= 4 is 28.8 Å². The second-order valence-corrected chi connectivity index (χ2v) is 7.17. The maximum Gasteiger partial charge on any atom is 0.272 e. The predicted molar refractivity (Wildman–Crippen MR) is 104 cm³/mol. The molecule has 1 fully saturated rings.